The Morgan fingerprint density at radius 2 is 2.11 bits per heavy atom. The number of halogens is 1. The summed E-state index contributed by atoms with van der Waals surface area (Å²) in [6.07, 6.45) is 0. The second-order valence-electron chi connectivity index (χ2n) is 4.18. The highest BCUT2D eigenvalue weighted by atomic mass is 35.5. The number of carbonyl (C=O) groups excluding carboxylic acids is 1. The first-order valence-electron chi connectivity index (χ1n) is 5.33. The van der Waals surface area contributed by atoms with E-state index in [1.165, 1.54) is 18.2 Å². The van der Waals surface area contributed by atoms with Crippen LogP contribution in [0.1, 0.15) is 13.8 Å². The number of nitro groups is 1. The minimum atomic E-state index is -0.694. The zero-order chi connectivity index (χ0) is 13.9. The van der Waals surface area contributed by atoms with Crippen LogP contribution in [0.5, 0.6) is 0 Å². The van der Waals surface area contributed by atoms with Crippen molar-refractivity contribution in [2.45, 2.75) is 19.9 Å². The molecule has 0 aromatic heterocycles. The molecule has 3 N–H and O–H groups in total. The lowest BCUT2D eigenvalue weighted by atomic mass is 10.0. The number of hydrogen-bond acceptors (Lipinski definition) is 4. The molecule has 0 spiro atoms. The van der Waals surface area contributed by atoms with E-state index in [1.807, 2.05) is 0 Å². The largest absolute Gasteiger partial charge is 0.323 e. The van der Waals surface area contributed by atoms with Crippen LogP contribution in [-0.2, 0) is 4.79 Å². The van der Waals surface area contributed by atoms with Crippen molar-refractivity contribution in [1.82, 2.24) is 0 Å². The van der Waals surface area contributed by atoms with E-state index in [9.17, 15) is 14.9 Å². The number of nitrogens with one attached hydrogen (secondary N) is 1. The Morgan fingerprint density at radius 3 is 2.61 bits per heavy atom. The molecule has 0 heterocycles. The van der Waals surface area contributed by atoms with E-state index < -0.39 is 16.9 Å². The monoisotopic (exact) mass is 271 g/mol. The van der Waals surface area contributed by atoms with E-state index in [-0.39, 0.29) is 22.3 Å². The maximum absolute atomic E-state index is 11.7. The highest BCUT2D eigenvalue weighted by Gasteiger charge is 2.19. The molecule has 0 saturated heterocycles. The van der Waals surface area contributed by atoms with E-state index >= 15 is 0 Å². The van der Waals surface area contributed by atoms with Crippen LogP contribution in [0, 0.1) is 16.0 Å². The number of hydrogen-bond donors (Lipinski definition) is 2. The lowest BCUT2D eigenvalue weighted by Crippen LogP contribution is -2.39. The predicted molar refractivity (Wildman–Crippen MR) is 69.5 cm³/mol. The van der Waals surface area contributed by atoms with Crippen molar-refractivity contribution in [3.05, 3.63) is 33.3 Å². The van der Waals surface area contributed by atoms with Crippen molar-refractivity contribution in [2.75, 3.05) is 5.32 Å². The van der Waals surface area contributed by atoms with Gasteiger partial charge in [-0.05, 0) is 12.0 Å². The van der Waals surface area contributed by atoms with Crippen LogP contribution in [0.2, 0.25) is 5.02 Å². The second kappa shape index (κ2) is 5.79. The van der Waals surface area contributed by atoms with Crippen molar-refractivity contribution in [3.63, 3.8) is 0 Å². The quantitative estimate of drug-likeness (QED) is 0.647. The number of carbonyl (C=O) groups is 1. The zero-order valence-electron chi connectivity index (χ0n) is 10.0. The zero-order valence-corrected chi connectivity index (χ0v) is 10.8. The predicted octanol–water partition coefficient (Wildman–Crippen LogP) is 2.17. The average molecular weight is 272 g/mol. The number of anilines is 1. The lowest BCUT2D eigenvalue weighted by molar-refractivity contribution is -0.384. The molecule has 1 aromatic carbocycles. The molecule has 0 radical (unpaired) electrons. The molecule has 6 nitrogen and oxygen atoms in total. The van der Waals surface area contributed by atoms with E-state index in [2.05, 4.69) is 5.32 Å². The molecule has 1 aromatic rings. The van der Waals surface area contributed by atoms with Gasteiger partial charge in [0, 0.05) is 12.1 Å². The van der Waals surface area contributed by atoms with Crippen LogP contribution in [0.25, 0.3) is 0 Å². The van der Waals surface area contributed by atoms with Gasteiger partial charge in [-0.1, -0.05) is 25.4 Å². The normalized spacial score (nSPS) is 12.3. The number of nitrogens with two attached hydrogens (primary N) is 1. The molecule has 1 atom stereocenters. The van der Waals surface area contributed by atoms with E-state index in [0.717, 1.165) is 0 Å². The summed E-state index contributed by atoms with van der Waals surface area (Å²) in [6, 6.07) is 3.13. The SMILES string of the molecule is CC(C)[C@@H](N)C(=O)Nc1cc([N+](=O)[O-])ccc1Cl. The van der Waals surface area contributed by atoms with Gasteiger partial charge in [0.15, 0.2) is 0 Å². The molecule has 0 aliphatic rings. The standard InChI is InChI=1S/C11H14ClN3O3/c1-6(2)10(13)11(16)14-9-5-7(15(17)18)3-4-8(9)12/h3-6,10H,13H2,1-2H3,(H,14,16)/t10-/m1/s1. The van der Waals surface area contributed by atoms with Crippen LogP contribution >= 0.6 is 11.6 Å². The first-order valence-corrected chi connectivity index (χ1v) is 5.71. The van der Waals surface area contributed by atoms with Gasteiger partial charge in [-0.2, -0.15) is 0 Å². The van der Waals surface area contributed by atoms with Gasteiger partial charge in [0.2, 0.25) is 5.91 Å². The van der Waals surface area contributed by atoms with Crippen LogP contribution in [0.4, 0.5) is 11.4 Å². The Bertz CT molecular complexity index is 477. The third-order valence-electron chi connectivity index (χ3n) is 2.44. The summed E-state index contributed by atoms with van der Waals surface area (Å²) in [4.78, 5) is 21.8. The molecule has 0 saturated carbocycles. The molecule has 1 amide bonds. The van der Waals surface area contributed by atoms with Crippen LogP contribution in [0.15, 0.2) is 18.2 Å². The number of nitro benzene ring substituents is 1. The smallest absolute Gasteiger partial charge is 0.271 e. The summed E-state index contributed by atoms with van der Waals surface area (Å²) in [5, 5.41) is 13.3. The van der Waals surface area contributed by atoms with Crippen molar-refractivity contribution in [2.24, 2.45) is 11.7 Å². The fraction of sp³-hybridized carbons (Fsp3) is 0.364. The maximum Gasteiger partial charge on any atom is 0.271 e. The molecule has 0 aliphatic heterocycles. The van der Waals surface area contributed by atoms with E-state index in [0.29, 0.717) is 0 Å². The Hall–Kier alpha value is -1.66. The fourth-order valence-electron chi connectivity index (χ4n) is 1.24. The summed E-state index contributed by atoms with van der Waals surface area (Å²) in [7, 11) is 0. The molecular formula is C11H14ClN3O3. The molecular weight excluding hydrogens is 258 g/mol. The van der Waals surface area contributed by atoms with Gasteiger partial charge < -0.3 is 11.1 Å². The third-order valence-corrected chi connectivity index (χ3v) is 2.77. The lowest BCUT2D eigenvalue weighted by Gasteiger charge is -2.15. The van der Waals surface area contributed by atoms with Crippen molar-refractivity contribution in [1.29, 1.82) is 0 Å². The van der Waals surface area contributed by atoms with Gasteiger partial charge in [-0.15, -0.1) is 0 Å². The molecule has 0 aliphatic carbocycles. The molecule has 98 valence electrons. The number of amides is 1. The minimum absolute atomic E-state index is 0.0394. The number of nitrogens with zero attached hydrogens (tertiary/aromatic N) is 1. The van der Waals surface area contributed by atoms with Gasteiger partial charge >= 0.3 is 0 Å². The van der Waals surface area contributed by atoms with E-state index in [1.54, 1.807) is 13.8 Å². The highest BCUT2D eigenvalue weighted by Crippen LogP contribution is 2.26. The van der Waals surface area contributed by atoms with Gasteiger partial charge in [0.25, 0.3) is 5.69 Å². The highest BCUT2D eigenvalue weighted by molar-refractivity contribution is 6.33. The van der Waals surface area contributed by atoms with Crippen molar-refractivity contribution < 1.29 is 9.72 Å². The summed E-state index contributed by atoms with van der Waals surface area (Å²) in [6.45, 7) is 3.61. The maximum atomic E-state index is 11.7. The molecule has 1 rings (SSSR count). The van der Waals surface area contributed by atoms with Gasteiger partial charge in [0.1, 0.15) is 0 Å². The second-order valence-corrected chi connectivity index (χ2v) is 4.59. The molecule has 18 heavy (non-hydrogen) atoms. The van der Waals surface area contributed by atoms with Gasteiger partial charge in [0.05, 0.1) is 21.7 Å². The number of benzene rings is 1. The van der Waals surface area contributed by atoms with E-state index in [4.69, 9.17) is 17.3 Å². The third kappa shape index (κ3) is 3.41. The first-order chi connectivity index (χ1) is 8.32. The first kappa shape index (κ1) is 14.4. The summed E-state index contributed by atoms with van der Waals surface area (Å²) in [5.74, 6) is -0.463. The van der Waals surface area contributed by atoms with Gasteiger partial charge in [-0.3, -0.25) is 14.9 Å². The Balaban J connectivity index is 2.93. The average Bonchev–Trinajstić information content (AvgIpc) is 2.30. The van der Waals surface area contributed by atoms with Crippen molar-refractivity contribution >= 4 is 28.9 Å². The van der Waals surface area contributed by atoms with Crippen LogP contribution in [-0.4, -0.2) is 16.9 Å². The molecule has 0 unspecified atom stereocenters. The molecule has 7 heteroatoms. The summed E-state index contributed by atoms with van der Waals surface area (Å²) >= 11 is 5.85. The Labute approximate surface area is 109 Å². The van der Waals surface area contributed by atoms with Crippen molar-refractivity contribution in [3.8, 4) is 0 Å². The molecule has 0 fully saturated rings. The van der Waals surface area contributed by atoms with Gasteiger partial charge in [-0.25, -0.2) is 0 Å². The fourth-order valence-corrected chi connectivity index (χ4v) is 1.41. The number of non-ortho nitro benzene ring substituents is 1. The number of rotatable bonds is 4. The Kier molecular flexibility index (Phi) is 4.63. The molecule has 0 bridgehead atoms. The van der Waals surface area contributed by atoms with Crippen LogP contribution < -0.4 is 11.1 Å². The minimum Gasteiger partial charge on any atom is -0.323 e. The summed E-state index contributed by atoms with van der Waals surface area (Å²) < 4.78 is 0. The topological polar surface area (TPSA) is 98.3 Å². The summed E-state index contributed by atoms with van der Waals surface area (Å²) in [5.41, 5.74) is 5.71. The Morgan fingerprint density at radius 1 is 1.50 bits per heavy atom. The van der Waals surface area contributed by atoms with Crippen LogP contribution in [0.3, 0.4) is 0 Å².